The maximum atomic E-state index is 11.4. The maximum absolute atomic E-state index is 11.4. The summed E-state index contributed by atoms with van der Waals surface area (Å²) >= 11 is 0. The molecule has 108 valence electrons. The normalized spacial score (nSPS) is 12.8. The van der Waals surface area contributed by atoms with Gasteiger partial charge in [-0.2, -0.15) is 5.10 Å². The van der Waals surface area contributed by atoms with Crippen molar-refractivity contribution in [1.82, 2.24) is 14.8 Å². The summed E-state index contributed by atoms with van der Waals surface area (Å²) in [6, 6.07) is 1.19. The van der Waals surface area contributed by atoms with Gasteiger partial charge < -0.3 is 10.4 Å². The van der Waals surface area contributed by atoms with Gasteiger partial charge in [-0.05, 0) is 25.3 Å². The number of nitrogens with zero attached hydrogens (tertiary/aromatic N) is 3. The van der Waals surface area contributed by atoms with Crippen molar-refractivity contribution in [3.8, 4) is 0 Å². The number of anilines is 1. The van der Waals surface area contributed by atoms with E-state index in [2.05, 4.69) is 15.4 Å². The van der Waals surface area contributed by atoms with E-state index in [4.69, 9.17) is 0 Å². The van der Waals surface area contributed by atoms with Crippen molar-refractivity contribution in [1.29, 1.82) is 0 Å². The molecule has 0 aliphatic carbocycles. The molecule has 6 nitrogen and oxygen atoms in total. The van der Waals surface area contributed by atoms with Crippen LogP contribution in [0.3, 0.4) is 0 Å². The predicted octanol–water partition coefficient (Wildman–Crippen LogP) is 2.19. The van der Waals surface area contributed by atoms with Crippen molar-refractivity contribution in [3.63, 3.8) is 0 Å². The highest BCUT2D eigenvalue weighted by molar-refractivity contribution is 5.93. The summed E-state index contributed by atoms with van der Waals surface area (Å²) in [4.78, 5) is 15.7. The van der Waals surface area contributed by atoms with Crippen LogP contribution in [-0.2, 0) is 11.8 Å². The molecule has 2 aromatic rings. The fraction of sp³-hybridized carbons (Fsp3) is 0.500. The van der Waals surface area contributed by atoms with Gasteiger partial charge in [-0.1, -0.05) is 13.8 Å². The molecule has 0 aliphatic heterocycles. The highest BCUT2D eigenvalue weighted by Gasteiger charge is 2.20. The fourth-order valence-corrected chi connectivity index (χ4v) is 2.38. The van der Waals surface area contributed by atoms with Gasteiger partial charge in [0, 0.05) is 18.9 Å². The van der Waals surface area contributed by atoms with E-state index in [9.17, 15) is 9.90 Å². The van der Waals surface area contributed by atoms with Crippen LogP contribution >= 0.6 is 0 Å². The monoisotopic (exact) mass is 276 g/mol. The zero-order valence-corrected chi connectivity index (χ0v) is 12.2. The van der Waals surface area contributed by atoms with Crippen molar-refractivity contribution >= 4 is 22.7 Å². The molecule has 0 saturated heterocycles. The molecule has 0 radical (unpaired) electrons. The highest BCUT2D eigenvalue weighted by Crippen LogP contribution is 2.25. The molecule has 6 heteroatoms. The number of aromatic nitrogens is 3. The Bertz CT molecular complexity index is 633. The van der Waals surface area contributed by atoms with E-state index in [1.54, 1.807) is 16.9 Å². The Balaban J connectivity index is 2.39. The summed E-state index contributed by atoms with van der Waals surface area (Å²) in [5.41, 5.74) is 2.36. The fourth-order valence-electron chi connectivity index (χ4n) is 2.38. The number of nitrogens with one attached hydrogen (secondary N) is 1. The van der Waals surface area contributed by atoms with Gasteiger partial charge >= 0.3 is 5.97 Å². The molecule has 0 aromatic carbocycles. The first kappa shape index (κ1) is 14.3. The number of rotatable bonds is 5. The minimum absolute atomic E-state index is 0.302. The molecule has 0 spiro atoms. The smallest absolute Gasteiger partial charge is 0.326 e. The molecule has 20 heavy (non-hydrogen) atoms. The van der Waals surface area contributed by atoms with Crippen LogP contribution in [0.5, 0.6) is 0 Å². The van der Waals surface area contributed by atoms with Crippen LogP contribution in [0.4, 0.5) is 5.69 Å². The molecule has 0 aliphatic rings. The Morgan fingerprint density at radius 2 is 2.20 bits per heavy atom. The standard InChI is InChI=1S/C14H20N4O2/c1-8(2)7-11(14(19)20)16-10-5-6-15-13-12(10)9(3)17-18(13)4/h5-6,8,11H,7H2,1-4H3,(H,15,16)(H,19,20). The van der Waals surface area contributed by atoms with Gasteiger partial charge in [-0.15, -0.1) is 0 Å². The number of hydrogen-bond donors (Lipinski definition) is 2. The summed E-state index contributed by atoms with van der Waals surface area (Å²) in [5, 5.41) is 17.7. The Labute approximate surface area is 117 Å². The van der Waals surface area contributed by atoms with E-state index in [0.717, 1.165) is 22.4 Å². The zero-order chi connectivity index (χ0) is 14.9. The van der Waals surface area contributed by atoms with E-state index >= 15 is 0 Å². The average Bonchev–Trinajstić information content (AvgIpc) is 2.64. The van der Waals surface area contributed by atoms with Crippen LogP contribution < -0.4 is 5.32 Å². The number of aryl methyl sites for hydroxylation is 2. The summed E-state index contributed by atoms with van der Waals surface area (Å²) in [5.74, 6) is -0.541. The Morgan fingerprint density at radius 1 is 1.50 bits per heavy atom. The first-order valence-electron chi connectivity index (χ1n) is 6.67. The Kier molecular flexibility index (Phi) is 3.92. The van der Waals surface area contributed by atoms with Crippen molar-refractivity contribution in [3.05, 3.63) is 18.0 Å². The maximum Gasteiger partial charge on any atom is 0.326 e. The summed E-state index contributed by atoms with van der Waals surface area (Å²) in [6.45, 7) is 5.91. The summed E-state index contributed by atoms with van der Waals surface area (Å²) < 4.78 is 1.70. The highest BCUT2D eigenvalue weighted by atomic mass is 16.4. The summed E-state index contributed by atoms with van der Waals surface area (Å²) in [7, 11) is 1.83. The molecule has 1 unspecified atom stereocenters. The SMILES string of the molecule is Cc1nn(C)c2nccc(NC(CC(C)C)C(=O)O)c12. The zero-order valence-electron chi connectivity index (χ0n) is 12.2. The number of pyridine rings is 1. The average molecular weight is 276 g/mol. The van der Waals surface area contributed by atoms with Crippen LogP contribution in [0, 0.1) is 12.8 Å². The molecule has 0 saturated carbocycles. The van der Waals surface area contributed by atoms with Crippen LogP contribution in [0.1, 0.15) is 26.0 Å². The molecule has 0 bridgehead atoms. The lowest BCUT2D eigenvalue weighted by Gasteiger charge is -2.18. The van der Waals surface area contributed by atoms with Crippen LogP contribution in [0.2, 0.25) is 0 Å². The van der Waals surface area contributed by atoms with Gasteiger partial charge in [-0.3, -0.25) is 4.68 Å². The number of carboxylic acid groups (broad SMARTS) is 1. The third-order valence-electron chi connectivity index (χ3n) is 3.23. The summed E-state index contributed by atoms with van der Waals surface area (Å²) in [6.07, 6.45) is 2.23. The number of carbonyl (C=O) groups is 1. The molecule has 2 rings (SSSR count). The van der Waals surface area contributed by atoms with Gasteiger partial charge in [0.15, 0.2) is 5.65 Å². The van der Waals surface area contributed by atoms with Crippen molar-refractivity contribution in [2.24, 2.45) is 13.0 Å². The van der Waals surface area contributed by atoms with E-state index < -0.39 is 12.0 Å². The van der Waals surface area contributed by atoms with Gasteiger partial charge in [0.05, 0.1) is 11.1 Å². The first-order valence-corrected chi connectivity index (χ1v) is 6.67. The van der Waals surface area contributed by atoms with Gasteiger partial charge in [0.1, 0.15) is 6.04 Å². The van der Waals surface area contributed by atoms with Crippen LogP contribution in [-0.4, -0.2) is 31.9 Å². The molecule has 2 N–H and O–H groups in total. The largest absolute Gasteiger partial charge is 0.480 e. The van der Waals surface area contributed by atoms with E-state index in [0.29, 0.717) is 12.3 Å². The molecular formula is C14H20N4O2. The quantitative estimate of drug-likeness (QED) is 0.875. The number of hydrogen-bond acceptors (Lipinski definition) is 4. The third-order valence-corrected chi connectivity index (χ3v) is 3.23. The van der Waals surface area contributed by atoms with Crippen molar-refractivity contribution < 1.29 is 9.90 Å². The van der Waals surface area contributed by atoms with Crippen molar-refractivity contribution in [2.75, 3.05) is 5.32 Å². The van der Waals surface area contributed by atoms with Gasteiger partial charge in [-0.25, -0.2) is 9.78 Å². The van der Waals surface area contributed by atoms with Crippen LogP contribution in [0.25, 0.3) is 11.0 Å². The van der Waals surface area contributed by atoms with Crippen LogP contribution in [0.15, 0.2) is 12.3 Å². The van der Waals surface area contributed by atoms with E-state index in [1.165, 1.54) is 0 Å². The minimum Gasteiger partial charge on any atom is -0.480 e. The molecule has 0 amide bonds. The molecule has 2 heterocycles. The number of aliphatic carboxylic acids is 1. The molecule has 1 atom stereocenters. The lowest BCUT2D eigenvalue weighted by atomic mass is 10.0. The lowest BCUT2D eigenvalue weighted by Crippen LogP contribution is -2.30. The number of fused-ring (bicyclic) bond motifs is 1. The third kappa shape index (κ3) is 2.74. The Morgan fingerprint density at radius 3 is 2.80 bits per heavy atom. The Hall–Kier alpha value is -2.11. The molecule has 0 fully saturated rings. The molecular weight excluding hydrogens is 256 g/mol. The molecule has 2 aromatic heterocycles. The van der Waals surface area contributed by atoms with Gasteiger partial charge in [0.2, 0.25) is 0 Å². The van der Waals surface area contributed by atoms with Crippen molar-refractivity contribution in [2.45, 2.75) is 33.2 Å². The number of carboxylic acids is 1. The lowest BCUT2D eigenvalue weighted by molar-refractivity contribution is -0.138. The second-order valence-corrected chi connectivity index (χ2v) is 5.43. The second-order valence-electron chi connectivity index (χ2n) is 5.43. The topological polar surface area (TPSA) is 80.0 Å². The predicted molar refractivity (Wildman–Crippen MR) is 77.7 cm³/mol. The minimum atomic E-state index is -0.842. The second kappa shape index (κ2) is 5.48. The van der Waals surface area contributed by atoms with E-state index in [1.807, 2.05) is 27.8 Å². The van der Waals surface area contributed by atoms with Gasteiger partial charge in [0.25, 0.3) is 0 Å². The first-order chi connectivity index (χ1) is 9.40. The van der Waals surface area contributed by atoms with E-state index in [-0.39, 0.29) is 0 Å².